The molecular formula is C40H32N2O3. The highest BCUT2D eigenvalue weighted by Crippen LogP contribution is 2.31. The lowest BCUT2D eigenvalue weighted by Gasteiger charge is -2.19. The Labute approximate surface area is 260 Å². The van der Waals surface area contributed by atoms with Gasteiger partial charge in [-0.25, -0.2) is 4.98 Å². The van der Waals surface area contributed by atoms with Crippen molar-refractivity contribution in [1.29, 1.82) is 0 Å². The SMILES string of the molecule is CC(C)(C)c1ccc(Cc2cc(Nc3ccccc3)c3c4c2nc(=O)c(=C(O)c2ccccc2)c=4c2ccccc2c3=O)cc1. The van der Waals surface area contributed by atoms with E-state index in [2.05, 4.69) is 55.3 Å². The summed E-state index contributed by atoms with van der Waals surface area (Å²) in [5, 5.41) is 17.8. The molecule has 0 saturated heterocycles. The fourth-order valence-electron chi connectivity index (χ4n) is 6.24. The third kappa shape index (κ3) is 4.96. The quantitative estimate of drug-likeness (QED) is 0.220. The number of anilines is 2. The predicted molar refractivity (Wildman–Crippen MR) is 183 cm³/mol. The second-order valence-corrected chi connectivity index (χ2v) is 12.6. The number of fused-ring (bicyclic) bond motifs is 2. The molecule has 7 rings (SSSR count). The Bertz CT molecular complexity index is 2440. The van der Waals surface area contributed by atoms with Gasteiger partial charge in [0.2, 0.25) is 0 Å². The van der Waals surface area contributed by atoms with E-state index in [-0.39, 0.29) is 21.8 Å². The van der Waals surface area contributed by atoms with Gasteiger partial charge in [0.1, 0.15) is 5.76 Å². The van der Waals surface area contributed by atoms with Crippen LogP contribution in [0.5, 0.6) is 0 Å². The van der Waals surface area contributed by atoms with Crippen LogP contribution in [0.25, 0.3) is 27.4 Å². The van der Waals surface area contributed by atoms with Gasteiger partial charge in [0.05, 0.1) is 21.8 Å². The smallest absolute Gasteiger partial charge is 0.282 e. The number of aliphatic hydroxyl groups excluding tert-OH is 1. The third-order valence-corrected chi connectivity index (χ3v) is 8.53. The molecule has 0 radical (unpaired) electrons. The molecule has 5 nitrogen and oxygen atoms in total. The van der Waals surface area contributed by atoms with Gasteiger partial charge in [0.25, 0.3) is 5.56 Å². The van der Waals surface area contributed by atoms with Crippen molar-refractivity contribution < 1.29 is 5.11 Å². The molecule has 0 unspecified atom stereocenters. The fourth-order valence-corrected chi connectivity index (χ4v) is 6.24. The summed E-state index contributed by atoms with van der Waals surface area (Å²) >= 11 is 0. The summed E-state index contributed by atoms with van der Waals surface area (Å²) in [5.74, 6) is -0.166. The van der Waals surface area contributed by atoms with Crippen LogP contribution in [0.15, 0.2) is 125 Å². The zero-order valence-electron chi connectivity index (χ0n) is 25.4. The van der Waals surface area contributed by atoms with Crippen molar-refractivity contribution in [2.45, 2.75) is 32.6 Å². The first-order chi connectivity index (χ1) is 21.7. The maximum absolute atomic E-state index is 14.3. The van der Waals surface area contributed by atoms with E-state index in [0.717, 1.165) is 16.8 Å². The molecule has 0 fully saturated rings. The van der Waals surface area contributed by atoms with E-state index in [0.29, 0.717) is 49.8 Å². The summed E-state index contributed by atoms with van der Waals surface area (Å²) in [7, 11) is 0. The molecule has 2 aliphatic rings. The highest BCUT2D eigenvalue weighted by Gasteiger charge is 2.21. The second kappa shape index (κ2) is 10.9. The number of aromatic nitrogens is 1. The summed E-state index contributed by atoms with van der Waals surface area (Å²) in [6.07, 6.45) is 0.500. The van der Waals surface area contributed by atoms with Crippen molar-refractivity contribution in [1.82, 2.24) is 4.98 Å². The Hall–Kier alpha value is -5.55. The van der Waals surface area contributed by atoms with Gasteiger partial charge < -0.3 is 10.4 Å². The van der Waals surface area contributed by atoms with Crippen molar-refractivity contribution in [2.75, 3.05) is 5.32 Å². The van der Waals surface area contributed by atoms with Gasteiger partial charge >= 0.3 is 0 Å². The zero-order chi connectivity index (χ0) is 31.3. The number of aliphatic hydroxyl groups is 1. The van der Waals surface area contributed by atoms with E-state index < -0.39 is 5.56 Å². The van der Waals surface area contributed by atoms with E-state index >= 15 is 0 Å². The molecule has 1 heterocycles. The van der Waals surface area contributed by atoms with E-state index in [1.807, 2.05) is 72.8 Å². The Morgan fingerprint density at radius 3 is 2.04 bits per heavy atom. The number of nitrogens with one attached hydrogen (secondary N) is 1. The lowest BCUT2D eigenvalue weighted by Crippen LogP contribution is -2.33. The van der Waals surface area contributed by atoms with Crippen LogP contribution in [0, 0.1) is 10.4 Å². The van der Waals surface area contributed by atoms with Crippen LogP contribution >= 0.6 is 0 Å². The summed E-state index contributed by atoms with van der Waals surface area (Å²) in [4.78, 5) is 32.9. The van der Waals surface area contributed by atoms with Crippen LogP contribution in [0.3, 0.4) is 0 Å². The van der Waals surface area contributed by atoms with Gasteiger partial charge in [-0.15, -0.1) is 0 Å². The lowest BCUT2D eigenvalue weighted by molar-refractivity contribution is 0.506. The largest absolute Gasteiger partial charge is 0.506 e. The predicted octanol–water partition coefficient (Wildman–Crippen LogP) is 7.34. The average molecular weight is 589 g/mol. The minimum Gasteiger partial charge on any atom is -0.506 e. The molecule has 5 aromatic carbocycles. The van der Waals surface area contributed by atoms with Gasteiger partial charge in [-0.1, -0.05) is 118 Å². The van der Waals surface area contributed by atoms with E-state index in [1.54, 1.807) is 18.2 Å². The second-order valence-electron chi connectivity index (χ2n) is 12.6. The van der Waals surface area contributed by atoms with Crippen molar-refractivity contribution >= 4 is 38.8 Å². The van der Waals surface area contributed by atoms with Crippen LogP contribution in [-0.4, -0.2) is 10.1 Å². The molecule has 0 atom stereocenters. The van der Waals surface area contributed by atoms with E-state index in [9.17, 15) is 14.7 Å². The first-order valence-electron chi connectivity index (χ1n) is 15.1. The first kappa shape index (κ1) is 28.2. The standard InChI is InChI=1S/C40H32N2O3/c1-40(2,3)27-20-18-24(19-21-27)22-26-23-31(41-28-14-8-5-9-15-28)33-34-32(29-16-10-11-17-30(29)38(33)44)35(39(45)42-36(26)34)37(43)25-12-6-4-7-13-25/h4-21,23,41,43H,22H2,1-3H3. The van der Waals surface area contributed by atoms with Crippen LogP contribution in [0.2, 0.25) is 0 Å². The number of rotatable bonds is 5. The van der Waals surface area contributed by atoms with Gasteiger partial charge in [-0.3, -0.25) is 9.59 Å². The third-order valence-electron chi connectivity index (χ3n) is 8.53. The van der Waals surface area contributed by atoms with Crippen molar-refractivity contribution in [3.8, 4) is 0 Å². The molecule has 0 bridgehead atoms. The molecule has 5 heteroatoms. The molecule has 1 aliphatic heterocycles. The molecule has 0 amide bonds. The Morgan fingerprint density at radius 2 is 1.38 bits per heavy atom. The number of para-hydroxylation sites is 1. The fraction of sp³-hybridized carbons (Fsp3) is 0.125. The van der Waals surface area contributed by atoms with Crippen LogP contribution < -0.4 is 21.5 Å². The van der Waals surface area contributed by atoms with Crippen molar-refractivity contribution in [3.63, 3.8) is 0 Å². The molecule has 220 valence electrons. The maximum atomic E-state index is 14.3. The average Bonchev–Trinajstić information content (AvgIpc) is 3.04. The van der Waals surface area contributed by atoms with Crippen LogP contribution in [-0.2, 0) is 11.8 Å². The minimum absolute atomic E-state index is 0.0198. The number of hydrogen-bond donors (Lipinski definition) is 2. The molecule has 0 aromatic heterocycles. The molecule has 45 heavy (non-hydrogen) atoms. The van der Waals surface area contributed by atoms with Gasteiger partial charge in [0, 0.05) is 27.1 Å². The van der Waals surface area contributed by atoms with Crippen molar-refractivity contribution in [3.05, 3.63) is 174 Å². The highest BCUT2D eigenvalue weighted by molar-refractivity contribution is 5.97. The number of benzene rings is 5. The zero-order valence-corrected chi connectivity index (χ0v) is 25.4. The van der Waals surface area contributed by atoms with Crippen molar-refractivity contribution in [2.24, 2.45) is 0 Å². The van der Waals surface area contributed by atoms with Gasteiger partial charge in [-0.2, -0.15) is 0 Å². The number of hydrogen-bond acceptors (Lipinski definition) is 5. The summed E-state index contributed by atoms with van der Waals surface area (Å²) in [6.45, 7) is 6.55. The topological polar surface area (TPSA) is 79.3 Å². The van der Waals surface area contributed by atoms with E-state index in [1.165, 1.54) is 5.56 Å². The molecule has 0 spiro atoms. The Balaban J connectivity index is 1.65. The lowest BCUT2D eigenvalue weighted by atomic mass is 9.86. The molecule has 2 N–H and O–H groups in total. The maximum Gasteiger partial charge on any atom is 0.282 e. The Morgan fingerprint density at radius 1 is 0.756 bits per heavy atom. The summed E-state index contributed by atoms with van der Waals surface area (Å²) in [5.41, 5.74) is 4.85. The normalized spacial score (nSPS) is 12.6. The van der Waals surface area contributed by atoms with E-state index in [4.69, 9.17) is 0 Å². The summed E-state index contributed by atoms with van der Waals surface area (Å²) < 4.78 is 0. The molecule has 0 saturated carbocycles. The van der Waals surface area contributed by atoms with Crippen LogP contribution in [0.4, 0.5) is 11.4 Å². The monoisotopic (exact) mass is 588 g/mol. The van der Waals surface area contributed by atoms with Gasteiger partial charge in [0.15, 0.2) is 5.43 Å². The Kier molecular flexibility index (Phi) is 6.82. The summed E-state index contributed by atoms with van der Waals surface area (Å²) in [6, 6.07) is 36.4. The molecular weight excluding hydrogens is 556 g/mol. The highest BCUT2D eigenvalue weighted by atomic mass is 16.3. The molecule has 5 aromatic rings. The molecule has 1 aliphatic carbocycles. The minimum atomic E-state index is -0.540. The first-order valence-corrected chi connectivity index (χ1v) is 15.1. The van der Waals surface area contributed by atoms with Crippen LogP contribution in [0.1, 0.15) is 43.0 Å². The number of nitrogens with zero attached hydrogens (tertiary/aromatic N) is 1. The van der Waals surface area contributed by atoms with Gasteiger partial charge in [-0.05, 0) is 52.1 Å².